The van der Waals surface area contributed by atoms with Crippen molar-refractivity contribution >= 4 is 34.8 Å². The van der Waals surface area contributed by atoms with E-state index in [0.717, 1.165) is 16.2 Å². The van der Waals surface area contributed by atoms with Crippen LogP contribution in [-0.4, -0.2) is 25.0 Å². The molecule has 2 amide bonds. The Morgan fingerprint density at radius 3 is 2.23 bits per heavy atom. The zero-order valence-electron chi connectivity index (χ0n) is 16.6. The number of benzene rings is 3. The van der Waals surface area contributed by atoms with Gasteiger partial charge in [0.05, 0.1) is 29.5 Å². The van der Waals surface area contributed by atoms with Gasteiger partial charge >= 0.3 is 0 Å². The summed E-state index contributed by atoms with van der Waals surface area (Å²) in [7, 11) is 1.60. The highest BCUT2D eigenvalue weighted by molar-refractivity contribution is 6.36. The van der Waals surface area contributed by atoms with Crippen LogP contribution < -0.4 is 14.7 Å². The third-order valence-electron chi connectivity index (χ3n) is 5.68. The average Bonchev–Trinajstić information content (AvgIpc) is 3.31. The molecule has 0 aromatic heterocycles. The first kappa shape index (κ1) is 19.6. The summed E-state index contributed by atoms with van der Waals surface area (Å²) in [6.07, 6.45) is -0.934. The van der Waals surface area contributed by atoms with E-state index in [1.165, 1.54) is 0 Å². The highest BCUT2D eigenvalue weighted by Gasteiger charge is 2.60. The zero-order valence-corrected chi connectivity index (χ0v) is 17.4. The van der Waals surface area contributed by atoms with Crippen molar-refractivity contribution in [3.05, 3.63) is 89.4 Å². The zero-order chi connectivity index (χ0) is 21.5. The van der Waals surface area contributed by atoms with E-state index < -0.39 is 24.0 Å². The predicted molar refractivity (Wildman–Crippen MR) is 117 cm³/mol. The van der Waals surface area contributed by atoms with Crippen molar-refractivity contribution in [2.24, 2.45) is 5.92 Å². The van der Waals surface area contributed by atoms with Crippen LogP contribution in [0.1, 0.15) is 11.6 Å². The van der Waals surface area contributed by atoms with Crippen molar-refractivity contribution in [1.82, 2.24) is 0 Å². The topological polar surface area (TPSA) is 59.1 Å². The molecule has 0 spiro atoms. The van der Waals surface area contributed by atoms with Crippen LogP contribution in [0, 0.1) is 5.92 Å². The number of hydrogen-bond donors (Lipinski definition) is 0. The number of carbonyl (C=O) groups is 2. The standard InChI is InChI=1S/C24H19ClN2O4/c1-30-17-13-11-15(12-14-17)21-20-22(31-27(21)16-7-3-2-4-8-16)24(29)26(23(20)28)19-10-6-5-9-18(19)25/h2-14,20-22H,1H3/t20-,21+,22+/m0/s1. The van der Waals surface area contributed by atoms with E-state index in [1.54, 1.807) is 36.4 Å². The van der Waals surface area contributed by atoms with Crippen LogP contribution >= 0.6 is 11.6 Å². The molecule has 2 fully saturated rings. The number of imide groups is 1. The molecule has 7 heteroatoms. The summed E-state index contributed by atoms with van der Waals surface area (Å²) >= 11 is 6.29. The Morgan fingerprint density at radius 2 is 1.55 bits per heavy atom. The molecule has 2 aliphatic heterocycles. The third-order valence-corrected chi connectivity index (χ3v) is 6.00. The van der Waals surface area contributed by atoms with E-state index in [4.69, 9.17) is 21.2 Å². The van der Waals surface area contributed by atoms with Crippen LogP contribution in [0.15, 0.2) is 78.9 Å². The van der Waals surface area contributed by atoms with Crippen LogP contribution in [0.25, 0.3) is 0 Å². The van der Waals surface area contributed by atoms with Gasteiger partial charge < -0.3 is 4.74 Å². The van der Waals surface area contributed by atoms with Crippen molar-refractivity contribution in [2.75, 3.05) is 17.1 Å². The minimum Gasteiger partial charge on any atom is -0.497 e. The van der Waals surface area contributed by atoms with E-state index in [2.05, 4.69) is 0 Å². The Kier molecular flexibility index (Phi) is 4.88. The lowest BCUT2D eigenvalue weighted by molar-refractivity contribution is -0.126. The SMILES string of the molecule is COc1ccc([C@@H]2[C@@H]3C(=O)N(c4ccccc4Cl)C(=O)[C@@H]3ON2c2ccccc2)cc1. The molecule has 2 heterocycles. The number of amides is 2. The summed E-state index contributed by atoms with van der Waals surface area (Å²) in [6.45, 7) is 0. The Hall–Kier alpha value is -3.35. The Morgan fingerprint density at radius 1 is 0.871 bits per heavy atom. The van der Waals surface area contributed by atoms with Crippen molar-refractivity contribution in [3.63, 3.8) is 0 Å². The fourth-order valence-corrected chi connectivity index (χ4v) is 4.44. The fourth-order valence-electron chi connectivity index (χ4n) is 4.22. The second-order valence-corrected chi connectivity index (χ2v) is 7.80. The molecule has 0 saturated carbocycles. The second-order valence-electron chi connectivity index (χ2n) is 7.39. The van der Waals surface area contributed by atoms with Crippen molar-refractivity contribution < 1.29 is 19.2 Å². The summed E-state index contributed by atoms with van der Waals surface area (Å²) in [5, 5.41) is 2.00. The smallest absolute Gasteiger partial charge is 0.266 e. The molecular weight excluding hydrogens is 416 g/mol. The van der Waals surface area contributed by atoms with Gasteiger partial charge in [-0.2, -0.15) is 0 Å². The van der Waals surface area contributed by atoms with Crippen molar-refractivity contribution in [2.45, 2.75) is 12.1 Å². The lowest BCUT2D eigenvalue weighted by Crippen LogP contribution is -2.37. The van der Waals surface area contributed by atoms with Gasteiger partial charge in [0, 0.05) is 0 Å². The van der Waals surface area contributed by atoms with Gasteiger partial charge in [-0.3, -0.25) is 14.4 Å². The number of para-hydroxylation sites is 2. The number of fused-ring (bicyclic) bond motifs is 1. The molecule has 6 nitrogen and oxygen atoms in total. The largest absolute Gasteiger partial charge is 0.497 e. The molecule has 2 aliphatic rings. The maximum atomic E-state index is 13.5. The van der Waals surface area contributed by atoms with Crippen LogP contribution in [-0.2, 0) is 14.4 Å². The molecular formula is C24H19ClN2O4. The Bertz CT molecular complexity index is 1140. The molecule has 0 N–H and O–H groups in total. The van der Waals surface area contributed by atoms with Crippen molar-refractivity contribution in [3.8, 4) is 5.75 Å². The molecule has 3 aromatic rings. The minimum atomic E-state index is -0.934. The van der Waals surface area contributed by atoms with Gasteiger partial charge in [0.1, 0.15) is 11.7 Å². The number of halogens is 1. The predicted octanol–water partition coefficient (Wildman–Crippen LogP) is 4.40. The number of carbonyl (C=O) groups excluding carboxylic acids is 2. The number of methoxy groups -OCH3 is 1. The number of hydrogen-bond acceptors (Lipinski definition) is 5. The summed E-state index contributed by atoms with van der Waals surface area (Å²) in [6, 6.07) is 23.2. The second kappa shape index (κ2) is 7.72. The summed E-state index contributed by atoms with van der Waals surface area (Å²) in [5.41, 5.74) is 1.99. The summed E-state index contributed by atoms with van der Waals surface area (Å²) in [4.78, 5) is 34.1. The molecule has 156 valence electrons. The first-order valence-corrected chi connectivity index (χ1v) is 10.3. The first-order valence-electron chi connectivity index (χ1n) is 9.87. The van der Waals surface area contributed by atoms with Gasteiger partial charge in [-0.1, -0.05) is 54.1 Å². The summed E-state index contributed by atoms with van der Waals surface area (Å²) in [5.74, 6) is -0.753. The maximum Gasteiger partial charge on any atom is 0.266 e. The van der Waals surface area contributed by atoms with Gasteiger partial charge in [-0.05, 0) is 42.0 Å². The van der Waals surface area contributed by atoms with Crippen molar-refractivity contribution in [1.29, 1.82) is 0 Å². The third kappa shape index (κ3) is 3.15. The van der Waals surface area contributed by atoms with Crippen LogP contribution in [0.2, 0.25) is 5.02 Å². The lowest BCUT2D eigenvalue weighted by Gasteiger charge is -2.29. The van der Waals surface area contributed by atoms with Gasteiger partial charge in [-0.25, -0.2) is 9.96 Å². The Labute approximate surface area is 184 Å². The van der Waals surface area contributed by atoms with Gasteiger partial charge in [-0.15, -0.1) is 0 Å². The molecule has 3 aromatic carbocycles. The van der Waals surface area contributed by atoms with Crippen LogP contribution in [0.3, 0.4) is 0 Å². The quantitative estimate of drug-likeness (QED) is 0.570. The normalized spacial score (nSPS) is 22.7. The number of nitrogens with zero attached hydrogens (tertiary/aromatic N) is 2. The first-order chi connectivity index (χ1) is 15.1. The van der Waals surface area contributed by atoms with E-state index in [-0.39, 0.29) is 5.91 Å². The molecule has 31 heavy (non-hydrogen) atoms. The molecule has 0 radical (unpaired) electrons. The Balaban J connectivity index is 1.59. The van der Waals surface area contributed by atoms with E-state index in [0.29, 0.717) is 16.5 Å². The van der Waals surface area contributed by atoms with E-state index in [1.807, 2.05) is 54.6 Å². The van der Waals surface area contributed by atoms with Crippen LogP contribution in [0.4, 0.5) is 11.4 Å². The monoisotopic (exact) mass is 434 g/mol. The maximum absolute atomic E-state index is 13.5. The lowest BCUT2D eigenvalue weighted by atomic mass is 9.90. The number of rotatable bonds is 4. The average molecular weight is 435 g/mol. The molecule has 3 atom stereocenters. The number of anilines is 2. The van der Waals surface area contributed by atoms with Gasteiger partial charge in [0.15, 0.2) is 6.10 Å². The summed E-state index contributed by atoms with van der Waals surface area (Å²) < 4.78 is 5.27. The van der Waals surface area contributed by atoms with E-state index >= 15 is 0 Å². The highest BCUT2D eigenvalue weighted by Crippen LogP contribution is 2.48. The molecule has 0 unspecified atom stereocenters. The molecule has 5 rings (SSSR count). The number of hydroxylamine groups is 1. The molecule has 0 bridgehead atoms. The highest BCUT2D eigenvalue weighted by atomic mass is 35.5. The molecule has 2 saturated heterocycles. The fraction of sp³-hybridized carbons (Fsp3) is 0.167. The minimum absolute atomic E-state index is 0.331. The van der Waals surface area contributed by atoms with Crippen LogP contribution in [0.5, 0.6) is 5.75 Å². The number of ether oxygens (including phenoxy) is 1. The molecule has 0 aliphatic carbocycles. The van der Waals surface area contributed by atoms with E-state index in [9.17, 15) is 9.59 Å². The van der Waals surface area contributed by atoms with Gasteiger partial charge in [0.25, 0.3) is 5.91 Å². The van der Waals surface area contributed by atoms with Gasteiger partial charge in [0.2, 0.25) is 5.91 Å².